The molecule has 84 valence electrons. The first kappa shape index (κ1) is 11.8. The monoisotopic (exact) mass is 344 g/mol. The number of alkyl halides is 2. The van der Waals surface area contributed by atoms with Gasteiger partial charge in [-0.15, -0.1) is 0 Å². The average Bonchev–Trinajstić information content (AvgIpc) is 2.52. The summed E-state index contributed by atoms with van der Waals surface area (Å²) in [5.74, 6) is -0.115. The Morgan fingerprint density at radius 3 is 2.44 bits per heavy atom. The standard InChI is InChI=1S/C11H10Br2N2O/c1-2-9-11(12,13)10(16)15(14-9)8-6-4-3-5-7-8/h3-7H,2H2,1H3. The van der Waals surface area contributed by atoms with Crippen molar-refractivity contribution in [3.8, 4) is 0 Å². The van der Waals surface area contributed by atoms with Gasteiger partial charge in [0.05, 0.1) is 11.4 Å². The molecule has 0 N–H and O–H groups in total. The molecule has 0 spiro atoms. The molecule has 1 aliphatic heterocycles. The van der Waals surface area contributed by atoms with Crippen LogP contribution in [0.1, 0.15) is 13.3 Å². The van der Waals surface area contributed by atoms with E-state index in [1.165, 1.54) is 5.01 Å². The van der Waals surface area contributed by atoms with Gasteiger partial charge in [-0.25, -0.2) is 0 Å². The summed E-state index contributed by atoms with van der Waals surface area (Å²) >= 11 is 6.73. The smallest absolute Gasteiger partial charge is 0.269 e. The molecule has 0 bridgehead atoms. The van der Waals surface area contributed by atoms with E-state index in [1.54, 1.807) is 0 Å². The van der Waals surface area contributed by atoms with Crippen LogP contribution in [0, 0.1) is 0 Å². The van der Waals surface area contributed by atoms with Crippen molar-refractivity contribution < 1.29 is 4.79 Å². The van der Waals surface area contributed by atoms with Crippen molar-refractivity contribution in [2.45, 2.75) is 16.6 Å². The number of halogens is 2. The molecular weight excluding hydrogens is 336 g/mol. The SMILES string of the molecule is CCC1=NN(c2ccccc2)C(=O)C1(Br)Br. The Morgan fingerprint density at radius 1 is 1.31 bits per heavy atom. The number of anilines is 1. The fourth-order valence-corrected chi connectivity index (χ4v) is 2.58. The summed E-state index contributed by atoms with van der Waals surface area (Å²) in [5.41, 5.74) is 1.56. The first-order valence-electron chi connectivity index (χ1n) is 4.92. The minimum atomic E-state index is -0.843. The second kappa shape index (κ2) is 4.30. The van der Waals surface area contributed by atoms with Gasteiger partial charge in [0, 0.05) is 0 Å². The Morgan fingerprint density at radius 2 is 1.94 bits per heavy atom. The molecule has 0 saturated carbocycles. The van der Waals surface area contributed by atoms with Crippen LogP contribution in [0.15, 0.2) is 35.4 Å². The van der Waals surface area contributed by atoms with E-state index in [0.717, 1.165) is 11.4 Å². The Hall–Kier alpha value is -0.680. The molecule has 1 aromatic rings. The second-order valence-corrected chi connectivity index (χ2v) is 6.87. The summed E-state index contributed by atoms with van der Waals surface area (Å²) in [6.45, 7) is 1.97. The van der Waals surface area contributed by atoms with Crippen LogP contribution in [0.3, 0.4) is 0 Å². The Kier molecular flexibility index (Phi) is 3.17. The third kappa shape index (κ3) is 1.82. The molecule has 0 aliphatic carbocycles. The summed E-state index contributed by atoms with van der Waals surface area (Å²) in [4.78, 5) is 12.1. The first-order valence-corrected chi connectivity index (χ1v) is 6.51. The minimum Gasteiger partial charge on any atom is -0.269 e. The molecular formula is C11H10Br2N2O. The third-order valence-electron chi connectivity index (χ3n) is 2.38. The van der Waals surface area contributed by atoms with Crippen LogP contribution in [0.4, 0.5) is 5.69 Å². The number of amides is 1. The molecule has 0 radical (unpaired) electrons. The maximum atomic E-state index is 12.1. The lowest BCUT2D eigenvalue weighted by molar-refractivity contribution is -0.116. The second-order valence-electron chi connectivity index (χ2n) is 3.43. The van der Waals surface area contributed by atoms with Gasteiger partial charge in [0.1, 0.15) is 0 Å². The summed E-state index contributed by atoms with van der Waals surface area (Å²) in [6.07, 6.45) is 0.714. The number of hydrogen-bond donors (Lipinski definition) is 0. The van der Waals surface area contributed by atoms with E-state index in [0.29, 0.717) is 6.42 Å². The van der Waals surface area contributed by atoms with Crippen molar-refractivity contribution in [1.82, 2.24) is 0 Å². The van der Waals surface area contributed by atoms with E-state index < -0.39 is 3.23 Å². The fraction of sp³-hybridized carbons (Fsp3) is 0.273. The summed E-state index contributed by atoms with van der Waals surface area (Å²) in [5, 5.41) is 5.74. The van der Waals surface area contributed by atoms with Gasteiger partial charge < -0.3 is 0 Å². The summed E-state index contributed by atoms with van der Waals surface area (Å²) in [6, 6.07) is 9.38. The Bertz CT molecular complexity index is 443. The number of hydrogen-bond acceptors (Lipinski definition) is 2. The lowest BCUT2D eigenvalue weighted by atomic mass is 10.2. The van der Waals surface area contributed by atoms with E-state index in [4.69, 9.17) is 0 Å². The average molecular weight is 346 g/mol. The lowest BCUT2D eigenvalue weighted by Crippen LogP contribution is -2.35. The summed E-state index contributed by atoms with van der Waals surface area (Å²) < 4.78 is -0.843. The van der Waals surface area contributed by atoms with Crippen molar-refractivity contribution in [2.24, 2.45) is 5.10 Å². The zero-order chi connectivity index (χ0) is 11.8. The number of carbonyl (C=O) groups excluding carboxylic acids is 1. The lowest BCUT2D eigenvalue weighted by Gasteiger charge is -2.15. The Balaban J connectivity index is 2.40. The van der Waals surface area contributed by atoms with E-state index >= 15 is 0 Å². The molecule has 0 unspecified atom stereocenters. The number of hydrazone groups is 1. The highest BCUT2D eigenvalue weighted by Crippen LogP contribution is 2.38. The quantitative estimate of drug-likeness (QED) is 0.757. The van der Waals surface area contributed by atoms with Crippen LogP contribution in [0.5, 0.6) is 0 Å². The third-order valence-corrected chi connectivity index (χ3v) is 3.97. The van der Waals surface area contributed by atoms with Gasteiger partial charge >= 0.3 is 0 Å². The van der Waals surface area contributed by atoms with E-state index in [1.807, 2.05) is 37.3 Å². The number of carbonyl (C=O) groups is 1. The van der Waals surface area contributed by atoms with Crippen molar-refractivity contribution in [3.63, 3.8) is 0 Å². The van der Waals surface area contributed by atoms with Gasteiger partial charge in [0.2, 0.25) is 3.23 Å². The molecule has 1 heterocycles. The number of rotatable bonds is 2. The van der Waals surface area contributed by atoms with Crippen molar-refractivity contribution in [3.05, 3.63) is 30.3 Å². The molecule has 0 fully saturated rings. The van der Waals surface area contributed by atoms with Gasteiger partial charge in [-0.3, -0.25) is 4.79 Å². The molecule has 1 amide bonds. The molecule has 0 saturated heterocycles. The van der Waals surface area contributed by atoms with Crippen LogP contribution in [0.2, 0.25) is 0 Å². The highest BCUT2D eigenvalue weighted by Gasteiger charge is 2.46. The van der Waals surface area contributed by atoms with Crippen molar-refractivity contribution in [2.75, 3.05) is 5.01 Å². The molecule has 1 aromatic carbocycles. The van der Waals surface area contributed by atoms with E-state index in [-0.39, 0.29) is 5.91 Å². The fourth-order valence-electron chi connectivity index (χ4n) is 1.52. The van der Waals surface area contributed by atoms with Crippen LogP contribution in [0.25, 0.3) is 0 Å². The molecule has 16 heavy (non-hydrogen) atoms. The van der Waals surface area contributed by atoms with Gasteiger partial charge in [-0.2, -0.15) is 10.1 Å². The van der Waals surface area contributed by atoms with Gasteiger partial charge in [-0.1, -0.05) is 57.0 Å². The normalized spacial score (nSPS) is 18.8. The minimum absolute atomic E-state index is 0.115. The zero-order valence-corrected chi connectivity index (χ0v) is 11.8. The highest BCUT2D eigenvalue weighted by molar-refractivity contribution is 9.26. The number of benzene rings is 1. The Labute approximate surface area is 111 Å². The van der Waals surface area contributed by atoms with Crippen molar-refractivity contribution in [1.29, 1.82) is 0 Å². The van der Waals surface area contributed by atoms with E-state index in [2.05, 4.69) is 37.0 Å². The zero-order valence-electron chi connectivity index (χ0n) is 8.65. The highest BCUT2D eigenvalue weighted by atomic mass is 79.9. The molecule has 5 heteroatoms. The van der Waals surface area contributed by atoms with Crippen molar-refractivity contribution >= 4 is 49.2 Å². The topological polar surface area (TPSA) is 32.7 Å². The summed E-state index contributed by atoms with van der Waals surface area (Å²) in [7, 11) is 0. The predicted octanol–water partition coefficient (Wildman–Crippen LogP) is 3.29. The van der Waals surface area contributed by atoms with Crippen LogP contribution in [-0.4, -0.2) is 14.9 Å². The van der Waals surface area contributed by atoms with Gasteiger partial charge in [0.25, 0.3) is 5.91 Å². The van der Waals surface area contributed by atoms with Crippen LogP contribution >= 0.6 is 31.9 Å². The number of para-hydroxylation sites is 1. The molecule has 1 aliphatic rings. The molecule has 0 aromatic heterocycles. The van der Waals surface area contributed by atoms with Crippen LogP contribution in [-0.2, 0) is 4.79 Å². The van der Waals surface area contributed by atoms with Crippen LogP contribution < -0.4 is 5.01 Å². The van der Waals surface area contributed by atoms with E-state index in [9.17, 15) is 4.79 Å². The molecule has 0 atom stereocenters. The largest absolute Gasteiger partial charge is 0.281 e. The van der Waals surface area contributed by atoms with Gasteiger partial charge in [-0.05, 0) is 18.6 Å². The molecule has 3 nitrogen and oxygen atoms in total. The number of nitrogens with zero attached hydrogens (tertiary/aromatic N) is 2. The van der Waals surface area contributed by atoms with Gasteiger partial charge in [0.15, 0.2) is 0 Å². The maximum absolute atomic E-state index is 12.1. The maximum Gasteiger partial charge on any atom is 0.281 e. The predicted molar refractivity (Wildman–Crippen MR) is 72.2 cm³/mol. The molecule has 2 rings (SSSR count). The first-order chi connectivity index (χ1) is 7.57.